The summed E-state index contributed by atoms with van der Waals surface area (Å²) in [4.78, 5) is 73.8. The van der Waals surface area contributed by atoms with Gasteiger partial charge in [-0.2, -0.15) is 11.8 Å². The van der Waals surface area contributed by atoms with Crippen LogP contribution in [-0.2, 0) is 28.8 Å². The van der Waals surface area contributed by atoms with Crippen molar-refractivity contribution < 1.29 is 48.5 Å². The molecule has 2 aliphatic rings. The lowest BCUT2D eigenvalue weighted by Crippen LogP contribution is -2.49. The molecule has 2 aliphatic heterocycles. The molecule has 0 bridgehead atoms. The second-order valence-electron chi connectivity index (χ2n) is 14.8. The number of nitrogens with zero attached hydrogens (tertiary/aromatic N) is 3. The number of hydroxylamine groups is 1. The van der Waals surface area contributed by atoms with Crippen LogP contribution in [0.25, 0.3) is 26.4 Å². The number of carbonyl (C=O) groups is 5. The highest BCUT2D eigenvalue weighted by Gasteiger charge is 2.33. The number of thioether (sulfide) groups is 1. The van der Waals surface area contributed by atoms with Gasteiger partial charge >= 0.3 is 18.0 Å². The number of allylic oxidation sites excluding steroid dienone is 1. The number of fused-ring (bicyclic) bond motifs is 3. The van der Waals surface area contributed by atoms with Crippen LogP contribution < -0.4 is 37.2 Å². The van der Waals surface area contributed by atoms with E-state index < -0.39 is 60.0 Å². The van der Waals surface area contributed by atoms with Gasteiger partial charge in [-0.15, -0.1) is 5.48 Å². The van der Waals surface area contributed by atoms with Crippen LogP contribution in [0, 0.1) is 5.41 Å². The topological polar surface area (TPSA) is 260 Å². The van der Waals surface area contributed by atoms with E-state index in [1.807, 2.05) is 44.3 Å². The second kappa shape index (κ2) is 20.2. The molecule has 1 saturated heterocycles. The number of rotatable bonds is 20. The number of hydrogen-bond donors (Lipinski definition) is 8. The first-order chi connectivity index (χ1) is 28.7. The fourth-order valence-electron chi connectivity index (χ4n) is 6.29. The molecule has 0 radical (unpaired) electrons. The molecule has 0 aliphatic carbocycles. The van der Waals surface area contributed by atoms with Gasteiger partial charge in [0.05, 0.1) is 29.1 Å². The first kappa shape index (κ1) is 44.1. The highest BCUT2D eigenvalue weighted by atomic mass is 32.2. The molecule has 9 N–H and O–H groups in total. The number of hydrogen-bond acceptors (Lipinski definition) is 14. The van der Waals surface area contributed by atoms with Gasteiger partial charge in [-0.25, -0.2) is 9.78 Å². The number of urea groups is 1. The fraction of sp³-hybridized carbons (Fsp3) is 0.436. The van der Waals surface area contributed by atoms with Crippen molar-refractivity contribution in [2.24, 2.45) is 11.1 Å². The number of aromatic nitrogens is 2. The van der Waals surface area contributed by atoms with Crippen molar-refractivity contribution in [2.75, 3.05) is 62.8 Å². The molecular weight excluding hydrogens is 819 g/mol. The first-order valence-electron chi connectivity index (χ1n) is 19.3. The highest BCUT2D eigenvalue weighted by Crippen LogP contribution is 2.34. The Morgan fingerprint density at radius 1 is 1.12 bits per heavy atom. The Balaban J connectivity index is 0.969. The van der Waals surface area contributed by atoms with E-state index >= 15 is 0 Å². The molecule has 6 rings (SSSR count). The van der Waals surface area contributed by atoms with Crippen molar-refractivity contribution in [2.45, 2.75) is 44.9 Å². The number of carboxylic acid groups (broad SMARTS) is 2. The Labute approximate surface area is 353 Å². The number of ether oxygens (including phenoxy) is 2. The van der Waals surface area contributed by atoms with E-state index in [4.69, 9.17) is 35.2 Å². The van der Waals surface area contributed by atoms with Gasteiger partial charge in [-0.1, -0.05) is 37.3 Å². The molecule has 322 valence electrons. The summed E-state index contributed by atoms with van der Waals surface area (Å²) in [6, 6.07) is 10.6. The number of carbonyl (C=O) groups excluding carboxylic acids is 3. The molecule has 0 spiro atoms. The van der Waals surface area contributed by atoms with Gasteiger partial charge in [0, 0.05) is 60.4 Å². The SMILES string of the molecule is CC(C)(CSCC(NC(=O)CCC(N)C(=O)O)C(=O)NCC(=O)O)C1=CC(NC(=O)Nc2ccc(-c3cn4c(n3)sc3cc(OCCN5CCOCC5)ccc34)cc2)NO1. The zero-order valence-electron chi connectivity index (χ0n) is 33.1. The van der Waals surface area contributed by atoms with E-state index in [1.165, 1.54) is 11.8 Å². The van der Waals surface area contributed by atoms with E-state index in [1.54, 1.807) is 29.5 Å². The zero-order chi connectivity index (χ0) is 42.8. The summed E-state index contributed by atoms with van der Waals surface area (Å²) >= 11 is 2.90. The average molecular weight is 868 g/mol. The molecule has 0 saturated carbocycles. The maximum absolute atomic E-state index is 12.9. The molecule has 3 atom stereocenters. The maximum Gasteiger partial charge on any atom is 0.322 e. The molecule has 4 heterocycles. The Hall–Kier alpha value is -5.45. The number of thiazole rings is 1. The number of anilines is 1. The van der Waals surface area contributed by atoms with Crippen LogP contribution in [0.15, 0.2) is 60.5 Å². The minimum absolute atomic E-state index is 0.0817. The predicted molar refractivity (Wildman–Crippen MR) is 226 cm³/mol. The third-order valence-corrected chi connectivity index (χ3v) is 12.2. The first-order valence-corrected chi connectivity index (χ1v) is 21.2. The largest absolute Gasteiger partial charge is 0.492 e. The Bertz CT molecular complexity index is 2200. The second-order valence-corrected chi connectivity index (χ2v) is 16.9. The van der Waals surface area contributed by atoms with Gasteiger partial charge in [0.15, 0.2) is 4.96 Å². The smallest absolute Gasteiger partial charge is 0.322 e. The van der Waals surface area contributed by atoms with Gasteiger partial charge in [0.2, 0.25) is 11.8 Å². The molecule has 2 aromatic heterocycles. The summed E-state index contributed by atoms with van der Waals surface area (Å²) < 4.78 is 14.6. The van der Waals surface area contributed by atoms with Crippen LogP contribution >= 0.6 is 23.1 Å². The monoisotopic (exact) mass is 867 g/mol. The van der Waals surface area contributed by atoms with E-state index in [9.17, 15) is 24.0 Å². The van der Waals surface area contributed by atoms with Crippen molar-refractivity contribution in [3.05, 3.63) is 60.5 Å². The quantitative estimate of drug-likeness (QED) is 0.0635. The van der Waals surface area contributed by atoms with Gasteiger partial charge < -0.3 is 51.5 Å². The van der Waals surface area contributed by atoms with Crippen molar-refractivity contribution >= 4 is 73.7 Å². The number of nitrogens with two attached hydrogens (primary N) is 1. The van der Waals surface area contributed by atoms with Crippen LogP contribution in [0.2, 0.25) is 0 Å². The van der Waals surface area contributed by atoms with E-state index in [0.29, 0.717) is 23.8 Å². The van der Waals surface area contributed by atoms with Crippen LogP contribution in [0.1, 0.15) is 26.7 Å². The number of amides is 4. The lowest BCUT2D eigenvalue weighted by Gasteiger charge is -2.26. The summed E-state index contributed by atoms with van der Waals surface area (Å²) in [7, 11) is 0. The van der Waals surface area contributed by atoms with Crippen molar-refractivity contribution in [1.29, 1.82) is 0 Å². The summed E-state index contributed by atoms with van der Waals surface area (Å²) in [5.41, 5.74) is 11.0. The summed E-state index contributed by atoms with van der Waals surface area (Å²) in [6.45, 7) is 8.02. The van der Waals surface area contributed by atoms with Crippen LogP contribution in [0.5, 0.6) is 5.75 Å². The molecule has 4 aromatic rings. The average Bonchev–Trinajstić information content (AvgIpc) is 3.95. The Morgan fingerprint density at radius 3 is 2.62 bits per heavy atom. The number of aliphatic carboxylic acids is 2. The highest BCUT2D eigenvalue weighted by molar-refractivity contribution is 7.99. The zero-order valence-corrected chi connectivity index (χ0v) is 34.7. The molecular formula is C39H49N9O10S2. The van der Waals surface area contributed by atoms with Gasteiger partial charge in [-0.05, 0) is 42.8 Å². The molecule has 21 heteroatoms. The third kappa shape index (κ3) is 12.1. The number of nitrogens with one attached hydrogen (secondary N) is 5. The van der Waals surface area contributed by atoms with Crippen LogP contribution in [0.3, 0.4) is 0 Å². The molecule has 1 fully saturated rings. The molecule has 60 heavy (non-hydrogen) atoms. The van der Waals surface area contributed by atoms with Crippen LogP contribution in [-0.4, -0.2) is 130 Å². The molecule has 3 unspecified atom stereocenters. The number of imidazole rings is 1. The number of morpholine rings is 1. The summed E-state index contributed by atoms with van der Waals surface area (Å²) in [6.07, 6.45) is 2.70. The lowest BCUT2D eigenvalue weighted by molar-refractivity contribution is -0.139. The minimum atomic E-state index is -1.25. The Kier molecular flexibility index (Phi) is 14.9. The minimum Gasteiger partial charge on any atom is -0.492 e. The van der Waals surface area contributed by atoms with Crippen molar-refractivity contribution in [3.63, 3.8) is 0 Å². The normalized spacial score (nSPS) is 16.7. The lowest BCUT2D eigenvalue weighted by atomic mass is 9.93. The fourth-order valence-corrected chi connectivity index (χ4v) is 8.57. The number of carboxylic acids is 2. The molecule has 2 aromatic carbocycles. The summed E-state index contributed by atoms with van der Waals surface area (Å²) in [5.74, 6) is -1.95. The molecule has 4 amide bonds. The van der Waals surface area contributed by atoms with Gasteiger partial charge in [-0.3, -0.25) is 28.5 Å². The van der Waals surface area contributed by atoms with Crippen LogP contribution in [0.4, 0.5) is 10.5 Å². The maximum atomic E-state index is 12.9. The standard InChI is InChI=1S/C39H49N9O10S2/c1-39(2,22-59-21-28(35(52)41-19-34(50)51)43-33(49)10-8-26(40)36(53)54)31-18-32(46-58-31)45-37(55)42-24-5-3-23(4-6-24)27-20-48-29-9-7-25(17-30(29)60-38(48)44-27)57-16-13-47-11-14-56-15-12-47/h3-7,9,17-18,20,26,28,32,46H,8,10-16,19,21-22,40H2,1-2H3,(H,41,52)(H,43,49)(H,50,51)(H,53,54)(H2,42,45,55). The van der Waals surface area contributed by atoms with Gasteiger partial charge in [0.25, 0.3) is 0 Å². The van der Waals surface area contributed by atoms with E-state index in [2.05, 4.69) is 42.1 Å². The Morgan fingerprint density at radius 2 is 1.88 bits per heavy atom. The van der Waals surface area contributed by atoms with E-state index in [0.717, 1.165) is 65.0 Å². The van der Waals surface area contributed by atoms with E-state index in [-0.39, 0.29) is 18.6 Å². The summed E-state index contributed by atoms with van der Waals surface area (Å²) in [5, 5.41) is 28.4. The van der Waals surface area contributed by atoms with Gasteiger partial charge in [0.1, 0.15) is 42.9 Å². The van der Waals surface area contributed by atoms with Crippen molar-refractivity contribution in [1.82, 2.24) is 35.7 Å². The number of benzene rings is 2. The third-order valence-electron chi connectivity index (χ3n) is 9.66. The molecule has 19 nitrogen and oxygen atoms in total. The predicted octanol–water partition coefficient (Wildman–Crippen LogP) is 2.43. The van der Waals surface area contributed by atoms with Crippen molar-refractivity contribution in [3.8, 4) is 17.0 Å².